The van der Waals surface area contributed by atoms with E-state index < -0.39 is 0 Å². The number of carbonyl (C=O) groups excluding carboxylic acids is 1. The Hall–Kier alpha value is -1.31. The normalized spacial score (nSPS) is 9.72. The number of hydrogen-bond donors (Lipinski definition) is 0. The van der Waals surface area contributed by atoms with Crippen LogP contribution in [-0.4, -0.2) is 19.4 Å². The molecule has 0 aliphatic carbocycles. The van der Waals surface area contributed by atoms with E-state index in [0.29, 0.717) is 12.5 Å². The van der Waals surface area contributed by atoms with Crippen molar-refractivity contribution in [3.05, 3.63) is 29.8 Å². The molecule has 0 saturated heterocycles. The second-order valence-corrected chi connectivity index (χ2v) is 5.01. The van der Waals surface area contributed by atoms with Gasteiger partial charge in [-0.1, -0.05) is 46.2 Å². The summed E-state index contributed by atoms with van der Waals surface area (Å²) >= 11 is 0. The summed E-state index contributed by atoms with van der Waals surface area (Å²) in [4.78, 5) is 12.9. The lowest BCUT2D eigenvalue weighted by Crippen LogP contribution is -2.23. The first-order chi connectivity index (χ1) is 8.42. The molecule has 0 aromatic heterocycles. The Morgan fingerprint density at radius 1 is 1.17 bits per heavy atom. The minimum atomic E-state index is 0.186. The Kier molecular flexibility index (Phi) is 8.10. The Labute approximate surface area is 112 Å². The molecule has 1 aromatic carbocycles. The summed E-state index contributed by atoms with van der Waals surface area (Å²) in [5.74, 6) is 0.739. The van der Waals surface area contributed by atoms with Crippen LogP contribution >= 0.6 is 0 Å². The third-order valence-corrected chi connectivity index (χ3v) is 2.46. The second-order valence-electron chi connectivity index (χ2n) is 5.01. The summed E-state index contributed by atoms with van der Waals surface area (Å²) in [5, 5.41) is 0. The summed E-state index contributed by atoms with van der Waals surface area (Å²) in [7, 11) is 1.94. The largest absolute Gasteiger partial charge is 0.367 e. The third kappa shape index (κ3) is 6.43. The summed E-state index contributed by atoms with van der Waals surface area (Å²) in [6.45, 7) is 10.7. The maximum Gasteiger partial charge on any atom is 0.149 e. The van der Waals surface area contributed by atoms with Crippen LogP contribution in [0.15, 0.2) is 24.3 Å². The summed E-state index contributed by atoms with van der Waals surface area (Å²) in [6, 6.07) is 8.38. The third-order valence-electron chi connectivity index (χ3n) is 2.46. The van der Waals surface area contributed by atoms with Crippen LogP contribution in [0.2, 0.25) is 0 Å². The van der Waals surface area contributed by atoms with E-state index in [4.69, 9.17) is 0 Å². The minimum Gasteiger partial charge on any atom is -0.367 e. The summed E-state index contributed by atoms with van der Waals surface area (Å²) in [5.41, 5.74) is 2.42. The van der Waals surface area contributed by atoms with Gasteiger partial charge in [0, 0.05) is 12.7 Å². The molecule has 0 atom stereocenters. The predicted molar refractivity (Wildman–Crippen MR) is 80.4 cm³/mol. The second kappa shape index (κ2) is 8.73. The number of rotatable bonds is 4. The number of carbonyl (C=O) groups is 1. The monoisotopic (exact) mass is 249 g/mol. The van der Waals surface area contributed by atoms with Gasteiger partial charge in [0.1, 0.15) is 5.78 Å². The van der Waals surface area contributed by atoms with Gasteiger partial charge in [-0.25, -0.2) is 0 Å². The van der Waals surface area contributed by atoms with Crippen molar-refractivity contribution in [2.45, 2.75) is 47.0 Å². The van der Waals surface area contributed by atoms with Crippen molar-refractivity contribution in [3.63, 3.8) is 0 Å². The highest BCUT2D eigenvalue weighted by Crippen LogP contribution is 2.19. The van der Waals surface area contributed by atoms with Gasteiger partial charge in [-0.15, -0.1) is 0 Å². The van der Waals surface area contributed by atoms with Crippen LogP contribution in [0.3, 0.4) is 0 Å². The SMILES string of the molecule is CC(=O)CN(C)c1ccc(C(C)C)cc1.CCC. The predicted octanol–water partition coefficient (Wildman–Crippen LogP) is 4.25. The van der Waals surface area contributed by atoms with Gasteiger partial charge in [-0.05, 0) is 30.5 Å². The van der Waals surface area contributed by atoms with E-state index in [-0.39, 0.29) is 5.78 Å². The zero-order valence-corrected chi connectivity index (χ0v) is 12.7. The Bertz CT molecular complexity index is 341. The highest BCUT2D eigenvalue weighted by Gasteiger charge is 2.04. The molecule has 0 aliphatic rings. The Morgan fingerprint density at radius 2 is 1.61 bits per heavy atom. The average molecular weight is 249 g/mol. The average Bonchev–Trinajstić information content (AvgIpc) is 2.29. The fourth-order valence-corrected chi connectivity index (χ4v) is 1.54. The molecule has 18 heavy (non-hydrogen) atoms. The fourth-order valence-electron chi connectivity index (χ4n) is 1.54. The van der Waals surface area contributed by atoms with Crippen molar-refractivity contribution < 1.29 is 4.79 Å². The molecule has 0 unspecified atom stereocenters. The van der Waals surface area contributed by atoms with E-state index >= 15 is 0 Å². The Balaban J connectivity index is 0.000000873. The molecule has 0 N–H and O–H groups in total. The molecule has 102 valence electrons. The van der Waals surface area contributed by atoms with Crippen molar-refractivity contribution >= 4 is 11.5 Å². The van der Waals surface area contributed by atoms with Crippen LogP contribution in [0.1, 0.15) is 52.5 Å². The minimum absolute atomic E-state index is 0.186. The lowest BCUT2D eigenvalue weighted by Gasteiger charge is -2.18. The van der Waals surface area contributed by atoms with Gasteiger partial charge in [0.2, 0.25) is 0 Å². The van der Waals surface area contributed by atoms with E-state index in [1.165, 1.54) is 12.0 Å². The lowest BCUT2D eigenvalue weighted by atomic mass is 10.0. The first-order valence-electron chi connectivity index (χ1n) is 6.72. The van der Waals surface area contributed by atoms with Gasteiger partial charge in [0.15, 0.2) is 0 Å². The lowest BCUT2D eigenvalue weighted by molar-refractivity contribution is -0.115. The number of likely N-dealkylation sites (N-methyl/N-ethyl adjacent to an activating group) is 1. The van der Waals surface area contributed by atoms with Crippen molar-refractivity contribution in [2.24, 2.45) is 0 Å². The number of ketones is 1. The molecular formula is C16H27NO. The van der Waals surface area contributed by atoms with Crippen LogP contribution in [0.25, 0.3) is 0 Å². The highest BCUT2D eigenvalue weighted by atomic mass is 16.1. The molecule has 0 spiro atoms. The molecule has 0 heterocycles. The summed E-state index contributed by atoms with van der Waals surface area (Å²) < 4.78 is 0. The highest BCUT2D eigenvalue weighted by molar-refractivity contribution is 5.80. The quantitative estimate of drug-likeness (QED) is 0.795. The molecule has 0 bridgehead atoms. The zero-order valence-electron chi connectivity index (χ0n) is 12.7. The van der Waals surface area contributed by atoms with Crippen LogP contribution in [0, 0.1) is 0 Å². The van der Waals surface area contributed by atoms with E-state index in [9.17, 15) is 4.79 Å². The zero-order chi connectivity index (χ0) is 14.1. The molecular weight excluding hydrogens is 222 g/mol. The van der Waals surface area contributed by atoms with Crippen molar-refractivity contribution in [2.75, 3.05) is 18.5 Å². The number of Topliss-reactive ketones (excluding diaryl/α,β-unsaturated/α-hetero) is 1. The molecule has 0 fully saturated rings. The molecule has 1 rings (SSSR count). The smallest absolute Gasteiger partial charge is 0.149 e. The molecule has 0 radical (unpaired) electrons. The van der Waals surface area contributed by atoms with Crippen LogP contribution in [-0.2, 0) is 4.79 Å². The molecule has 2 nitrogen and oxygen atoms in total. The van der Waals surface area contributed by atoms with Crippen LogP contribution in [0.5, 0.6) is 0 Å². The van der Waals surface area contributed by atoms with Gasteiger partial charge in [-0.2, -0.15) is 0 Å². The van der Waals surface area contributed by atoms with Gasteiger partial charge in [0.25, 0.3) is 0 Å². The molecule has 0 amide bonds. The van der Waals surface area contributed by atoms with Gasteiger partial charge < -0.3 is 4.90 Å². The van der Waals surface area contributed by atoms with Crippen molar-refractivity contribution in [1.82, 2.24) is 0 Å². The number of anilines is 1. The number of nitrogens with zero attached hydrogens (tertiary/aromatic N) is 1. The maximum atomic E-state index is 11.0. The Morgan fingerprint density at radius 3 is 1.94 bits per heavy atom. The van der Waals surface area contributed by atoms with Gasteiger partial charge >= 0.3 is 0 Å². The van der Waals surface area contributed by atoms with Crippen molar-refractivity contribution in [1.29, 1.82) is 0 Å². The fraction of sp³-hybridized carbons (Fsp3) is 0.562. The molecule has 1 aromatic rings. The summed E-state index contributed by atoms with van der Waals surface area (Å²) in [6.07, 6.45) is 1.25. The topological polar surface area (TPSA) is 20.3 Å². The van der Waals surface area contributed by atoms with E-state index in [0.717, 1.165) is 5.69 Å². The van der Waals surface area contributed by atoms with Gasteiger partial charge in [-0.3, -0.25) is 4.79 Å². The van der Waals surface area contributed by atoms with E-state index in [2.05, 4.69) is 52.0 Å². The molecule has 2 heteroatoms. The van der Waals surface area contributed by atoms with Crippen LogP contribution in [0.4, 0.5) is 5.69 Å². The van der Waals surface area contributed by atoms with E-state index in [1.807, 2.05) is 11.9 Å². The molecule has 0 aliphatic heterocycles. The van der Waals surface area contributed by atoms with Gasteiger partial charge in [0.05, 0.1) is 6.54 Å². The number of benzene rings is 1. The standard InChI is InChI=1S/C13H19NO.C3H8/c1-10(2)12-5-7-13(8-6-12)14(4)9-11(3)15;1-3-2/h5-8,10H,9H2,1-4H3;3H2,1-2H3. The van der Waals surface area contributed by atoms with Crippen LogP contribution < -0.4 is 4.90 Å². The van der Waals surface area contributed by atoms with Crippen molar-refractivity contribution in [3.8, 4) is 0 Å². The maximum absolute atomic E-state index is 11.0. The molecule has 0 saturated carbocycles. The van der Waals surface area contributed by atoms with E-state index in [1.54, 1.807) is 6.92 Å². The number of hydrogen-bond acceptors (Lipinski definition) is 2. The first-order valence-corrected chi connectivity index (χ1v) is 6.72. The first kappa shape index (κ1) is 16.7.